The first-order valence-corrected chi connectivity index (χ1v) is 10.3. The maximum Gasteiger partial charge on any atom is 0.251 e. The second-order valence-corrected chi connectivity index (χ2v) is 7.86. The minimum Gasteiger partial charge on any atom is -0.338 e. The van der Waals surface area contributed by atoms with E-state index in [1.54, 1.807) is 0 Å². The molecule has 148 valence electrons. The van der Waals surface area contributed by atoms with Gasteiger partial charge in [-0.25, -0.2) is 0 Å². The van der Waals surface area contributed by atoms with Gasteiger partial charge in [0.15, 0.2) is 0 Å². The van der Waals surface area contributed by atoms with E-state index in [-0.39, 0.29) is 30.3 Å². The largest absolute Gasteiger partial charge is 0.338 e. The summed E-state index contributed by atoms with van der Waals surface area (Å²) in [6.45, 7) is 10.2. The van der Waals surface area contributed by atoms with Crippen LogP contribution in [-0.4, -0.2) is 50.0 Å². The van der Waals surface area contributed by atoms with Crippen molar-refractivity contribution in [1.29, 1.82) is 0 Å². The summed E-state index contributed by atoms with van der Waals surface area (Å²) in [6, 6.07) is 0.386. The molecule has 2 heterocycles. The highest BCUT2D eigenvalue weighted by Gasteiger charge is 2.41. The molecule has 1 aliphatic carbocycles. The SMILES string of the molecule is CCN(Cc1cnn(CC)c1)C(=O)CC1=C2CCCCC2N(C(C)C)C1=O. The van der Waals surface area contributed by atoms with Crippen LogP contribution in [0.5, 0.6) is 0 Å². The number of carbonyl (C=O) groups excluding carboxylic acids is 2. The Morgan fingerprint density at radius 2 is 2.11 bits per heavy atom. The van der Waals surface area contributed by atoms with Crippen molar-refractivity contribution in [3.8, 4) is 0 Å². The molecular weight excluding hydrogens is 340 g/mol. The van der Waals surface area contributed by atoms with Gasteiger partial charge in [-0.3, -0.25) is 14.3 Å². The third-order valence-corrected chi connectivity index (χ3v) is 5.79. The van der Waals surface area contributed by atoms with Crippen LogP contribution in [0.1, 0.15) is 65.4 Å². The van der Waals surface area contributed by atoms with Crippen LogP contribution in [0.15, 0.2) is 23.5 Å². The van der Waals surface area contributed by atoms with Gasteiger partial charge in [0.2, 0.25) is 5.91 Å². The Morgan fingerprint density at radius 3 is 2.74 bits per heavy atom. The molecule has 6 nitrogen and oxygen atoms in total. The predicted octanol–water partition coefficient (Wildman–Crippen LogP) is 3.13. The number of fused-ring (bicyclic) bond motifs is 1. The van der Waals surface area contributed by atoms with Crippen LogP contribution < -0.4 is 0 Å². The van der Waals surface area contributed by atoms with Crippen LogP contribution in [0, 0.1) is 0 Å². The Hall–Kier alpha value is -2.11. The molecule has 0 N–H and O–H groups in total. The van der Waals surface area contributed by atoms with Crippen molar-refractivity contribution in [3.05, 3.63) is 29.1 Å². The number of hydrogen-bond acceptors (Lipinski definition) is 3. The highest BCUT2D eigenvalue weighted by molar-refractivity contribution is 6.02. The Balaban J connectivity index is 1.75. The van der Waals surface area contributed by atoms with E-state index in [1.807, 2.05) is 40.7 Å². The third-order valence-electron chi connectivity index (χ3n) is 5.79. The number of aryl methyl sites for hydroxylation is 1. The van der Waals surface area contributed by atoms with Gasteiger partial charge >= 0.3 is 0 Å². The van der Waals surface area contributed by atoms with Crippen molar-refractivity contribution in [2.24, 2.45) is 0 Å². The molecule has 1 saturated carbocycles. The summed E-state index contributed by atoms with van der Waals surface area (Å²) in [5.74, 6) is 0.114. The molecule has 0 spiro atoms. The second-order valence-electron chi connectivity index (χ2n) is 7.86. The number of amides is 2. The molecule has 1 aromatic heterocycles. The van der Waals surface area contributed by atoms with E-state index >= 15 is 0 Å². The van der Waals surface area contributed by atoms with Crippen LogP contribution >= 0.6 is 0 Å². The Bertz CT molecular complexity index is 734. The zero-order valence-corrected chi connectivity index (χ0v) is 17.1. The Labute approximate surface area is 162 Å². The minimum atomic E-state index is 0.0347. The van der Waals surface area contributed by atoms with Crippen molar-refractivity contribution < 1.29 is 9.59 Å². The number of aromatic nitrogens is 2. The summed E-state index contributed by atoms with van der Waals surface area (Å²) in [4.78, 5) is 29.9. The van der Waals surface area contributed by atoms with Gasteiger partial charge in [-0.1, -0.05) is 6.42 Å². The molecule has 6 heteroatoms. The maximum atomic E-state index is 13.0. The fourth-order valence-electron chi connectivity index (χ4n) is 4.39. The van der Waals surface area contributed by atoms with Crippen LogP contribution in [0.2, 0.25) is 0 Å². The van der Waals surface area contributed by atoms with Crippen molar-refractivity contribution in [3.63, 3.8) is 0 Å². The monoisotopic (exact) mass is 372 g/mol. The average molecular weight is 373 g/mol. The lowest BCUT2D eigenvalue weighted by atomic mass is 9.88. The van der Waals surface area contributed by atoms with Gasteiger partial charge in [0.05, 0.1) is 18.7 Å². The predicted molar refractivity (Wildman–Crippen MR) is 105 cm³/mol. The minimum absolute atomic E-state index is 0.0347. The van der Waals surface area contributed by atoms with Gasteiger partial charge in [0, 0.05) is 43.0 Å². The summed E-state index contributed by atoms with van der Waals surface area (Å²) in [7, 11) is 0. The summed E-state index contributed by atoms with van der Waals surface area (Å²) in [5.41, 5.74) is 3.02. The molecule has 1 aliphatic heterocycles. The van der Waals surface area contributed by atoms with E-state index in [1.165, 1.54) is 5.57 Å². The number of nitrogens with zero attached hydrogens (tertiary/aromatic N) is 4. The zero-order chi connectivity index (χ0) is 19.6. The van der Waals surface area contributed by atoms with Crippen LogP contribution in [0.4, 0.5) is 0 Å². The molecule has 0 bridgehead atoms. The fourth-order valence-corrected chi connectivity index (χ4v) is 4.39. The van der Waals surface area contributed by atoms with Gasteiger partial charge in [0.1, 0.15) is 0 Å². The first kappa shape index (κ1) is 19.6. The van der Waals surface area contributed by atoms with Crippen molar-refractivity contribution >= 4 is 11.8 Å². The highest BCUT2D eigenvalue weighted by atomic mass is 16.2. The standard InChI is InChI=1S/C21H32N4O2/c1-5-23(13-16-12-22-24(6-2)14-16)20(26)11-18-17-9-7-8-10-19(17)25(15(3)4)21(18)27/h12,14-15,19H,5-11,13H2,1-4H3. The topological polar surface area (TPSA) is 58.4 Å². The quantitative estimate of drug-likeness (QED) is 0.739. The molecule has 0 radical (unpaired) electrons. The van der Waals surface area contributed by atoms with Crippen molar-refractivity contribution in [2.45, 2.75) is 85.0 Å². The molecule has 1 fully saturated rings. The highest BCUT2D eigenvalue weighted by Crippen LogP contribution is 2.39. The zero-order valence-electron chi connectivity index (χ0n) is 17.1. The van der Waals surface area contributed by atoms with Crippen LogP contribution in [0.25, 0.3) is 0 Å². The van der Waals surface area contributed by atoms with Crippen LogP contribution in [-0.2, 0) is 22.7 Å². The Morgan fingerprint density at radius 1 is 1.33 bits per heavy atom. The lowest BCUT2D eigenvalue weighted by Crippen LogP contribution is -2.41. The van der Waals surface area contributed by atoms with E-state index in [4.69, 9.17) is 0 Å². The molecule has 1 atom stereocenters. The molecule has 1 unspecified atom stereocenters. The lowest BCUT2D eigenvalue weighted by Gasteiger charge is -2.33. The second kappa shape index (κ2) is 8.28. The number of rotatable bonds is 7. The van der Waals surface area contributed by atoms with E-state index < -0.39 is 0 Å². The third kappa shape index (κ3) is 3.94. The molecule has 0 aromatic carbocycles. The lowest BCUT2D eigenvalue weighted by molar-refractivity contribution is -0.134. The smallest absolute Gasteiger partial charge is 0.251 e. The summed E-state index contributed by atoms with van der Waals surface area (Å²) < 4.78 is 1.87. The van der Waals surface area contributed by atoms with Crippen molar-refractivity contribution in [1.82, 2.24) is 19.6 Å². The van der Waals surface area contributed by atoms with E-state index in [0.717, 1.165) is 43.4 Å². The summed E-state index contributed by atoms with van der Waals surface area (Å²) in [6.07, 6.45) is 8.30. The van der Waals surface area contributed by atoms with Gasteiger partial charge < -0.3 is 9.80 Å². The first-order chi connectivity index (χ1) is 13.0. The molecule has 27 heavy (non-hydrogen) atoms. The summed E-state index contributed by atoms with van der Waals surface area (Å²) in [5, 5.41) is 4.29. The fraction of sp³-hybridized carbons (Fsp3) is 0.667. The van der Waals surface area contributed by atoms with Gasteiger partial charge in [-0.05, 0) is 52.5 Å². The van der Waals surface area contributed by atoms with E-state index in [9.17, 15) is 9.59 Å². The van der Waals surface area contributed by atoms with Crippen LogP contribution in [0.3, 0.4) is 0 Å². The number of carbonyl (C=O) groups is 2. The number of hydrogen-bond donors (Lipinski definition) is 0. The molecule has 0 saturated heterocycles. The molecule has 1 aromatic rings. The molecule has 3 rings (SSSR count). The van der Waals surface area contributed by atoms with Crippen molar-refractivity contribution in [2.75, 3.05) is 6.54 Å². The summed E-state index contributed by atoms with van der Waals surface area (Å²) >= 11 is 0. The molecular formula is C21H32N4O2. The molecule has 2 amide bonds. The Kier molecular flexibility index (Phi) is 6.02. The van der Waals surface area contributed by atoms with Gasteiger partial charge in [-0.2, -0.15) is 5.10 Å². The van der Waals surface area contributed by atoms with Gasteiger partial charge in [0.25, 0.3) is 5.91 Å². The normalized spacial score (nSPS) is 19.8. The molecule has 2 aliphatic rings. The maximum absolute atomic E-state index is 13.0. The first-order valence-electron chi connectivity index (χ1n) is 10.3. The van der Waals surface area contributed by atoms with Gasteiger partial charge in [-0.15, -0.1) is 0 Å². The van der Waals surface area contributed by atoms with E-state index in [0.29, 0.717) is 13.1 Å². The average Bonchev–Trinajstić information content (AvgIpc) is 3.22. The van der Waals surface area contributed by atoms with E-state index in [2.05, 4.69) is 18.9 Å².